The summed E-state index contributed by atoms with van der Waals surface area (Å²) in [4.78, 5) is 11.3. The average molecular weight is 189 g/mol. The van der Waals surface area contributed by atoms with Crippen molar-refractivity contribution in [2.24, 2.45) is 5.41 Å². The van der Waals surface area contributed by atoms with Crippen LogP contribution in [0, 0.1) is 5.41 Å². The van der Waals surface area contributed by atoms with Gasteiger partial charge in [0.1, 0.15) is 0 Å². The highest BCUT2D eigenvalue weighted by Crippen LogP contribution is 2.61. The standard InChI is InChI=1S/C9H13ClO2/c1-12-7(11)8-3-2-4-9(10,5-8)6-8/h2-6H2,1H3. The molecule has 0 amide bonds. The lowest BCUT2D eigenvalue weighted by Crippen LogP contribution is -2.56. The van der Waals surface area contributed by atoms with Crippen LogP contribution < -0.4 is 0 Å². The van der Waals surface area contributed by atoms with E-state index in [-0.39, 0.29) is 16.3 Å². The summed E-state index contributed by atoms with van der Waals surface area (Å²) in [5.41, 5.74) is -0.200. The molecule has 2 nitrogen and oxygen atoms in total. The van der Waals surface area contributed by atoms with Crippen LogP contribution in [0.15, 0.2) is 0 Å². The smallest absolute Gasteiger partial charge is 0.311 e. The van der Waals surface area contributed by atoms with Gasteiger partial charge < -0.3 is 4.74 Å². The molecule has 12 heavy (non-hydrogen) atoms. The molecule has 0 radical (unpaired) electrons. The number of hydrogen-bond acceptors (Lipinski definition) is 2. The summed E-state index contributed by atoms with van der Waals surface area (Å²) in [6.07, 6.45) is 4.75. The van der Waals surface area contributed by atoms with Gasteiger partial charge >= 0.3 is 5.97 Å². The van der Waals surface area contributed by atoms with Crippen LogP contribution >= 0.6 is 11.6 Å². The Labute approximate surface area is 77.2 Å². The second-order valence-electron chi connectivity index (χ2n) is 4.13. The highest BCUT2D eigenvalue weighted by molar-refractivity contribution is 6.25. The Bertz CT molecular complexity index is 219. The average Bonchev–Trinajstić information content (AvgIpc) is 2.01. The van der Waals surface area contributed by atoms with Gasteiger partial charge in [0.2, 0.25) is 0 Å². The summed E-state index contributed by atoms with van der Waals surface area (Å²) < 4.78 is 4.78. The van der Waals surface area contributed by atoms with Crippen LogP contribution in [0.3, 0.4) is 0 Å². The number of rotatable bonds is 1. The molecule has 2 bridgehead atoms. The fourth-order valence-corrected chi connectivity index (χ4v) is 3.37. The first kappa shape index (κ1) is 8.36. The van der Waals surface area contributed by atoms with Crippen LogP contribution in [0.5, 0.6) is 0 Å². The molecule has 0 atom stereocenters. The Morgan fingerprint density at radius 2 is 2.08 bits per heavy atom. The lowest BCUT2D eigenvalue weighted by Gasteiger charge is -2.55. The van der Waals surface area contributed by atoms with E-state index in [0.29, 0.717) is 0 Å². The van der Waals surface area contributed by atoms with Gasteiger partial charge in [-0.05, 0) is 25.7 Å². The zero-order valence-corrected chi connectivity index (χ0v) is 7.99. The summed E-state index contributed by atoms with van der Waals surface area (Å²) in [6.45, 7) is 0. The molecule has 0 aromatic carbocycles. The van der Waals surface area contributed by atoms with Gasteiger partial charge in [0.05, 0.1) is 12.5 Å². The molecule has 0 heterocycles. The molecule has 0 saturated heterocycles. The second-order valence-corrected chi connectivity index (χ2v) is 4.93. The van der Waals surface area contributed by atoms with E-state index >= 15 is 0 Å². The molecule has 0 aromatic rings. The first-order valence-electron chi connectivity index (χ1n) is 4.38. The molecule has 0 N–H and O–H groups in total. The first-order chi connectivity index (χ1) is 5.60. The van der Waals surface area contributed by atoms with Crippen LogP contribution in [0.25, 0.3) is 0 Å². The molecule has 0 aliphatic heterocycles. The van der Waals surface area contributed by atoms with Gasteiger partial charge in [-0.2, -0.15) is 0 Å². The minimum absolute atomic E-state index is 0.0570. The van der Waals surface area contributed by atoms with E-state index in [1.54, 1.807) is 0 Å². The number of ether oxygens (including phenoxy) is 1. The van der Waals surface area contributed by atoms with Gasteiger partial charge in [0.15, 0.2) is 0 Å². The van der Waals surface area contributed by atoms with Gasteiger partial charge in [0.25, 0.3) is 0 Å². The summed E-state index contributed by atoms with van der Waals surface area (Å²) in [6, 6.07) is 0. The minimum atomic E-state index is -0.200. The van der Waals surface area contributed by atoms with Crippen LogP contribution in [0.2, 0.25) is 0 Å². The van der Waals surface area contributed by atoms with Gasteiger partial charge in [-0.1, -0.05) is 6.42 Å². The summed E-state index contributed by atoms with van der Waals surface area (Å²) in [5, 5.41) is 0. The number of esters is 1. The maximum Gasteiger partial charge on any atom is 0.311 e. The van der Waals surface area contributed by atoms with Crippen molar-refractivity contribution in [3.05, 3.63) is 0 Å². The summed E-state index contributed by atoms with van der Waals surface area (Å²) in [5.74, 6) is -0.0570. The maximum absolute atomic E-state index is 11.4. The highest BCUT2D eigenvalue weighted by atomic mass is 35.5. The molecule has 68 valence electrons. The quantitative estimate of drug-likeness (QED) is 0.466. The van der Waals surface area contributed by atoms with Crippen molar-refractivity contribution in [3.8, 4) is 0 Å². The van der Waals surface area contributed by atoms with Crippen LogP contribution in [-0.2, 0) is 9.53 Å². The van der Waals surface area contributed by atoms with E-state index < -0.39 is 0 Å². The SMILES string of the molecule is COC(=O)C12CCCC(Cl)(C1)C2. The molecule has 0 aromatic heterocycles. The van der Waals surface area contributed by atoms with E-state index in [2.05, 4.69) is 0 Å². The van der Waals surface area contributed by atoms with Crippen LogP contribution in [0.4, 0.5) is 0 Å². The number of alkyl halides is 1. The molecule has 3 saturated carbocycles. The van der Waals surface area contributed by atoms with Crippen molar-refractivity contribution < 1.29 is 9.53 Å². The van der Waals surface area contributed by atoms with Gasteiger partial charge in [-0.3, -0.25) is 4.79 Å². The third-order valence-electron chi connectivity index (χ3n) is 3.21. The van der Waals surface area contributed by atoms with Crippen LogP contribution in [-0.4, -0.2) is 18.0 Å². The lowest BCUT2D eigenvalue weighted by atomic mass is 9.53. The molecule has 3 rings (SSSR count). The van der Waals surface area contributed by atoms with Gasteiger partial charge in [0, 0.05) is 4.87 Å². The van der Waals surface area contributed by atoms with Crippen molar-refractivity contribution in [1.29, 1.82) is 0 Å². The number of halogens is 1. The Kier molecular flexibility index (Phi) is 1.66. The second kappa shape index (κ2) is 2.38. The predicted molar refractivity (Wildman–Crippen MR) is 46.1 cm³/mol. The molecule has 0 spiro atoms. The molecule has 0 unspecified atom stereocenters. The predicted octanol–water partition coefficient (Wildman–Crippen LogP) is 2.10. The van der Waals surface area contributed by atoms with E-state index in [9.17, 15) is 4.79 Å². The zero-order valence-electron chi connectivity index (χ0n) is 7.23. The minimum Gasteiger partial charge on any atom is -0.469 e. The number of carbonyl (C=O) groups is 1. The maximum atomic E-state index is 11.4. The zero-order chi connectivity index (χ0) is 8.82. The fourth-order valence-electron chi connectivity index (χ4n) is 2.72. The lowest BCUT2D eigenvalue weighted by molar-refractivity contribution is -0.165. The van der Waals surface area contributed by atoms with Crippen LogP contribution in [0.1, 0.15) is 32.1 Å². The highest BCUT2D eigenvalue weighted by Gasteiger charge is 2.60. The number of hydrogen-bond donors (Lipinski definition) is 0. The summed E-state index contributed by atoms with van der Waals surface area (Å²) >= 11 is 6.22. The van der Waals surface area contributed by atoms with Crippen molar-refractivity contribution >= 4 is 17.6 Å². The molecule has 3 heteroatoms. The first-order valence-corrected chi connectivity index (χ1v) is 4.75. The van der Waals surface area contributed by atoms with E-state index in [0.717, 1.165) is 32.1 Å². The number of fused-ring (bicyclic) bond motifs is 2. The Morgan fingerprint density at radius 3 is 2.58 bits per heavy atom. The van der Waals surface area contributed by atoms with E-state index in [1.807, 2.05) is 0 Å². The summed E-state index contributed by atoms with van der Waals surface area (Å²) in [7, 11) is 1.46. The monoisotopic (exact) mass is 188 g/mol. The third kappa shape index (κ3) is 0.972. The van der Waals surface area contributed by atoms with Crippen molar-refractivity contribution in [1.82, 2.24) is 0 Å². The topological polar surface area (TPSA) is 26.3 Å². The molecule has 3 aliphatic carbocycles. The Balaban J connectivity index is 2.11. The third-order valence-corrected chi connectivity index (χ3v) is 3.67. The largest absolute Gasteiger partial charge is 0.469 e. The van der Waals surface area contributed by atoms with Crippen molar-refractivity contribution in [2.75, 3.05) is 7.11 Å². The number of methoxy groups -OCH3 is 1. The molecule has 3 aliphatic rings. The Morgan fingerprint density at radius 1 is 1.42 bits per heavy atom. The molecular formula is C9H13ClO2. The van der Waals surface area contributed by atoms with E-state index in [4.69, 9.17) is 16.3 Å². The van der Waals surface area contributed by atoms with Crippen molar-refractivity contribution in [3.63, 3.8) is 0 Å². The fraction of sp³-hybridized carbons (Fsp3) is 0.889. The normalized spacial score (nSPS) is 44.8. The Hall–Kier alpha value is -0.240. The van der Waals surface area contributed by atoms with E-state index in [1.165, 1.54) is 7.11 Å². The van der Waals surface area contributed by atoms with Gasteiger partial charge in [-0.15, -0.1) is 11.6 Å². The molecular weight excluding hydrogens is 176 g/mol. The molecule has 3 fully saturated rings. The van der Waals surface area contributed by atoms with Crippen molar-refractivity contribution in [2.45, 2.75) is 37.0 Å². The number of carbonyl (C=O) groups excluding carboxylic acids is 1. The van der Waals surface area contributed by atoms with Gasteiger partial charge in [-0.25, -0.2) is 0 Å².